The molecule has 0 saturated heterocycles. The zero-order chi connectivity index (χ0) is 14.0. The smallest absolute Gasteiger partial charge is 0.131 e. The lowest BCUT2D eigenvalue weighted by Crippen LogP contribution is -2.30. The van der Waals surface area contributed by atoms with Crippen LogP contribution in [-0.2, 0) is 0 Å². The standard InChI is InChI=1S/C14H13BrF2N2/c1-8-5-6-9(10(15)7-8)14(19-18)13-11(16)3-2-4-12(13)17/h2-7,14,19H,18H2,1H3. The molecule has 2 nitrogen and oxygen atoms in total. The number of nitrogens with one attached hydrogen (secondary N) is 1. The Labute approximate surface area is 118 Å². The quantitative estimate of drug-likeness (QED) is 0.668. The molecule has 2 aromatic carbocycles. The molecule has 3 N–H and O–H groups in total. The van der Waals surface area contributed by atoms with Crippen LogP contribution in [0.15, 0.2) is 40.9 Å². The Morgan fingerprint density at radius 3 is 2.32 bits per heavy atom. The lowest BCUT2D eigenvalue weighted by Gasteiger charge is -2.20. The summed E-state index contributed by atoms with van der Waals surface area (Å²) < 4.78 is 28.4. The minimum Gasteiger partial charge on any atom is -0.271 e. The van der Waals surface area contributed by atoms with Crippen molar-refractivity contribution in [2.24, 2.45) is 5.84 Å². The van der Waals surface area contributed by atoms with E-state index in [9.17, 15) is 8.78 Å². The van der Waals surface area contributed by atoms with Gasteiger partial charge in [-0.05, 0) is 36.2 Å². The average Bonchev–Trinajstić information content (AvgIpc) is 2.35. The molecule has 0 radical (unpaired) electrons. The Hall–Kier alpha value is -1.30. The maximum atomic E-state index is 13.8. The molecule has 5 heteroatoms. The van der Waals surface area contributed by atoms with Crippen molar-refractivity contribution in [2.75, 3.05) is 0 Å². The van der Waals surface area contributed by atoms with Gasteiger partial charge in [0.2, 0.25) is 0 Å². The second-order valence-electron chi connectivity index (χ2n) is 4.26. The fourth-order valence-corrected chi connectivity index (χ4v) is 2.70. The van der Waals surface area contributed by atoms with Crippen molar-refractivity contribution < 1.29 is 8.78 Å². The van der Waals surface area contributed by atoms with Gasteiger partial charge in [-0.1, -0.05) is 34.1 Å². The summed E-state index contributed by atoms with van der Waals surface area (Å²) >= 11 is 3.39. The summed E-state index contributed by atoms with van der Waals surface area (Å²) in [5, 5.41) is 0. The Morgan fingerprint density at radius 1 is 1.16 bits per heavy atom. The first-order valence-corrected chi connectivity index (χ1v) is 6.50. The maximum absolute atomic E-state index is 13.8. The predicted molar refractivity (Wildman–Crippen MR) is 74.4 cm³/mol. The highest BCUT2D eigenvalue weighted by Crippen LogP contribution is 2.31. The Morgan fingerprint density at radius 2 is 1.79 bits per heavy atom. The van der Waals surface area contributed by atoms with Crippen molar-refractivity contribution in [3.05, 3.63) is 69.2 Å². The van der Waals surface area contributed by atoms with E-state index in [1.165, 1.54) is 18.2 Å². The highest BCUT2D eigenvalue weighted by Gasteiger charge is 2.22. The number of rotatable bonds is 3. The van der Waals surface area contributed by atoms with E-state index >= 15 is 0 Å². The molecule has 0 aliphatic heterocycles. The van der Waals surface area contributed by atoms with E-state index in [4.69, 9.17) is 5.84 Å². The number of halogens is 3. The zero-order valence-corrected chi connectivity index (χ0v) is 11.8. The van der Waals surface area contributed by atoms with Crippen molar-refractivity contribution in [3.8, 4) is 0 Å². The second kappa shape index (κ2) is 5.77. The summed E-state index contributed by atoms with van der Waals surface area (Å²) in [5.74, 6) is 4.22. The molecular weight excluding hydrogens is 314 g/mol. The molecule has 100 valence electrons. The maximum Gasteiger partial charge on any atom is 0.131 e. The number of benzene rings is 2. The van der Waals surface area contributed by atoms with Crippen molar-refractivity contribution in [2.45, 2.75) is 13.0 Å². The molecule has 0 aromatic heterocycles. The van der Waals surface area contributed by atoms with Gasteiger partial charge in [0.05, 0.1) is 6.04 Å². The van der Waals surface area contributed by atoms with Crippen molar-refractivity contribution in [1.82, 2.24) is 5.43 Å². The topological polar surface area (TPSA) is 38.0 Å². The summed E-state index contributed by atoms with van der Waals surface area (Å²) in [5.41, 5.74) is 4.10. The van der Waals surface area contributed by atoms with E-state index in [2.05, 4.69) is 21.4 Å². The zero-order valence-electron chi connectivity index (χ0n) is 10.3. The van der Waals surface area contributed by atoms with Gasteiger partial charge in [0.25, 0.3) is 0 Å². The third-order valence-corrected chi connectivity index (χ3v) is 3.61. The van der Waals surface area contributed by atoms with Gasteiger partial charge in [-0.2, -0.15) is 0 Å². The molecule has 1 atom stereocenters. The number of hydrazine groups is 1. The molecular formula is C14H13BrF2N2. The van der Waals surface area contributed by atoms with Gasteiger partial charge in [0, 0.05) is 10.0 Å². The summed E-state index contributed by atoms with van der Waals surface area (Å²) in [6, 6.07) is 8.52. The molecule has 1 unspecified atom stereocenters. The summed E-state index contributed by atoms with van der Waals surface area (Å²) in [7, 11) is 0. The van der Waals surface area contributed by atoms with E-state index in [0.717, 1.165) is 10.0 Å². The molecule has 0 aliphatic carbocycles. The van der Waals surface area contributed by atoms with Gasteiger partial charge in [-0.15, -0.1) is 0 Å². The number of aryl methyl sites for hydroxylation is 1. The summed E-state index contributed by atoms with van der Waals surface area (Å²) in [6.07, 6.45) is 0. The highest BCUT2D eigenvalue weighted by atomic mass is 79.9. The molecule has 0 heterocycles. The van der Waals surface area contributed by atoms with Gasteiger partial charge in [-0.3, -0.25) is 5.84 Å². The number of nitrogens with two attached hydrogens (primary N) is 1. The van der Waals surface area contributed by atoms with Crippen LogP contribution < -0.4 is 11.3 Å². The first kappa shape index (κ1) is 14.1. The fourth-order valence-electron chi connectivity index (χ4n) is 1.98. The minimum atomic E-state index is -0.754. The van der Waals surface area contributed by atoms with Crippen LogP contribution >= 0.6 is 15.9 Å². The third-order valence-electron chi connectivity index (χ3n) is 2.92. The summed E-state index contributed by atoms with van der Waals surface area (Å²) in [4.78, 5) is 0. The van der Waals surface area contributed by atoms with Gasteiger partial charge in [0.1, 0.15) is 11.6 Å². The molecule has 0 amide bonds. The van der Waals surface area contributed by atoms with Crippen LogP contribution in [0, 0.1) is 18.6 Å². The number of hydrogen-bond acceptors (Lipinski definition) is 2. The Balaban J connectivity index is 2.56. The largest absolute Gasteiger partial charge is 0.271 e. The second-order valence-corrected chi connectivity index (χ2v) is 5.11. The molecule has 0 fully saturated rings. The van der Waals surface area contributed by atoms with Crippen molar-refractivity contribution in [3.63, 3.8) is 0 Å². The van der Waals surface area contributed by atoms with E-state index in [0.29, 0.717) is 5.56 Å². The molecule has 0 aliphatic rings. The molecule has 2 aromatic rings. The molecule has 0 bridgehead atoms. The number of hydrogen-bond donors (Lipinski definition) is 2. The van der Waals surface area contributed by atoms with Crippen LogP contribution in [0.1, 0.15) is 22.7 Å². The Bertz CT molecular complexity index is 582. The van der Waals surface area contributed by atoms with Crippen LogP contribution in [-0.4, -0.2) is 0 Å². The molecule has 19 heavy (non-hydrogen) atoms. The van der Waals surface area contributed by atoms with Crippen molar-refractivity contribution >= 4 is 15.9 Å². The lowest BCUT2D eigenvalue weighted by molar-refractivity contribution is 0.510. The molecule has 0 spiro atoms. The predicted octanol–water partition coefficient (Wildman–Crippen LogP) is 3.59. The van der Waals surface area contributed by atoms with E-state index in [-0.39, 0.29) is 5.56 Å². The first-order chi connectivity index (χ1) is 9.04. The Kier molecular flexibility index (Phi) is 4.29. The fraction of sp³-hybridized carbons (Fsp3) is 0.143. The van der Waals surface area contributed by atoms with Crippen LogP contribution in [0.3, 0.4) is 0 Å². The normalized spacial score (nSPS) is 12.5. The van der Waals surface area contributed by atoms with E-state index in [1.54, 1.807) is 6.07 Å². The van der Waals surface area contributed by atoms with Crippen molar-refractivity contribution in [1.29, 1.82) is 0 Å². The molecule has 2 rings (SSSR count). The van der Waals surface area contributed by atoms with Gasteiger partial charge >= 0.3 is 0 Å². The SMILES string of the molecule is Cc1ccc(C(NN)c2c(F)cccc2F)c(Br)c1. The lowest BCUT2D eigenvalue weighted by atomic mass is 9.97. The van der Waals surface area contributed by atoms with E-state index < -0.39 is 17.7 Å². The van der Waals surface area contributed by atoms with Crippen LogP contribution in [0.2, 0.25) is 0 Å². The van der Waals surface area contributed by atoms with Gasteiger partial charge < -0.3 is 0 Å². The summed E-state index contributed by atoms with van der Waals surface area (Å²) in [6.45, 7) is 1.93. The van der Waals surface area contributed by atoms with Crippen LogP contribution in [0.5, 0.6) is 0 Å². The first-order valence-electron chi connectivity index (χ1n) is 5.70. The van der Waals surface area contributed by atoms with Gasteiger partial charge in [0.15, 0.2) is 0 Å². The van der Waals surface area contributed by atoms with Gasteiger partial charge in [-0.25, -0.2) is 14.2 Å². The minimum absolute atomic E-state index is 0.0884. The monoisotopic (exact) mass is 326 g/mol. The third kappa shape index (κ3) is 2.83. The van der Waals surface area contributed by atoms with Crippen LogP contribution in [0.25, 0.3) is 0 Å². The average molecular weight is 327 g/mol. The van der Waals surface area contributed by atoms with Crippen LogP contribution in [0.4, 0.5) is 8.78 Å². The van der Waals surface area contributed by atoms with E-state index in [1.807, 2.05) is 19.1 Å². The molecule has 0 saturated carbocycles. The highest BCUT2D eigenvalue weighted by molar-refractivity contribution is 9.10.